The van der Waals surface area contributed by atoms with Crippen LogP contribution < -0.4 is 5.32 Å². The molecule has 14 heavy (non-hydrogen) atoms. The third-order valence-corrected chi connectivity index (χ3v) is 3.21. The second kappa shape index (κ2) is 5.07. The minimum atomic E-state index is 0.539. The van der Waals surface area contributed by atoms with Crippen LogP contribution in [0.1, 0.15) is 6.42 Å². The van der Waals surface area contributed by atoms with Crippen molar-refractivity contribution in [2.75, 3.05) is 46.6 Å². The second-order valence-corrected chi connectivity index (χ2v) is 3.97. The van der Waals surface area contributed by atoms with Crippen LogP contribution in [0.5, 0.6) is 0 Å². The lowest BCUT2D eigenvalue weighted by atomic mass is 10.0. The first-order chi connectivity index (χ1) is 6.92. The summed E-state index contributed by atoms with van der Waals surface area (Å²) in [5, 5.41) is 3.39. The maximum Gasteiger partial charge on any atom is 0.0637 e. The minimum absolute atomic E-state index is 0.539. The molecule has 0 aromatic carbocycles. The fourth-order valence-electron chi connectivity index (χ4n) is 2.33. The zero-order valence-electron chi connectivity index (χ0n) is 8.87. The number of morpholine rings is 1. The van der Waals surface area contributed by atoms with Crippen molar-refractivity contribution in [1.29, 1.82) is 0 Å². The van der Waals surface area contributed by atoms with E-state index in [9.17, 15) is 0 Å². The smallest absolute Gasteiger partial charge is 0.0637 e. The van der Waals surface area contributed by atoms with Crippen LogP contribution in [0, 0.1) is 0 Å². The van der Waals surface area contributed by atoms with Crippen molar-refractivity contribution < 1.29 is 9.47 Å². The summed E-state index contributed by atoms with van der Waals surface area (Å²) in [4.78, 5) is 2.49. The third kappa shape index (κ3) is 2.25. The van der Waals surface area contributed by atoms with E-state index >= 15 is 0 Å². The average Bonchev–Trinajstić information content (AvgIpc) is 2.30. The maximum atomic E-state index is 5.54. The SMILES string of the molecule is CNC1CCOCC1N1CCOCC1. The Morgan fingerprint density at radius 1 is 1.14 bits per heavy atom. The van der Waals surface area contributed by atoms with Crippen LogP contribution in [-0.4, -0.2) is 63.5 Å². The molecule has 2 heterocycles. The lowest BCUT2D eigenvalue weighted by Crippen LogP contribution is -2.57. The highest BCUT2D eigenvalue weighted by atomic mass is 16.5. The van der Waals surface area contributed by atoms with Crippen LogP contribution in [0.4, 0.5) is 0 Å². The van der Waals surface area contributed by atoms with Crippen molar-refractivity contribution >= 4 is 0 Å². The van der Waals surface area contributed by atoms with E-state index in [-0.39, 0.29) is 0 Å². The Kier molecular flexibility index (Phi) is 3.75. The molecule has 2 unspecified atom stereocenters. The van der Waals surface area contributed by atoms with E-state index < -0.39 is 0 Å². The van der Waals surface area contributed by atoms with Gasteiger partial charge in [0.15, 0.2) is 0 Å². The van der Waals surface area contributed by atoms with Gasteiger partial charge in [-0.2, -0.15) is 0 Å². The summed E-state index contributed by atoms with van der Waals surface area (Å²) in [7, 11) is 2.05. The highest BCUT2D eigenvalue weighted by Gasteiger charge is 2.30. The van der Waals surface area contributed by atoms with Crippen molar-refractivity contribution in [3.63, 3.8) is 0 Å². The molecule has 2 fully saturated rings. The summed E-state index contributed by atoms with van der Waals surface area (Å²) in [5.74, 6) is 0. The van der Waals surface area contributed by atoms with Crippen molar-refractivity contribution in [3.8, 4) is 0 Å². The van der Waals surface area contributed by atoms with Crippen LogP contribution >= 0.6 is 0 Å². The first-order valence-corrected chi connectivity index (χ1v) is 5.48. The van der Waals surface area contributed by atoms with Crippen LogP contribution in [0.3, 0.4) is 0 Å². The Labute approximate surface area is 85.5 Å². The first kappa shape index (κ1) is 10.4. The lowest BCUT2D eigenvalue weighted by Gasteiger charge is -2.41. The van der Waals surface area contributed by atoms with Gasteiger partial charge in [0.1, 0.15) is 0 Å². The molecule has 2 saturated heterocycles. The fraction of sp³-hybridized carbons (Fsp3) is 1.00. The summed E-state index contributed by atoms with van der Waals surface area (Å²) in [6.07, 6.45) is 1.12. The maximum absolute atomic E-state index is 5.54. The molecule has 0 aliphatic carbocycles. The molecule has 2 aliphatic heterocycles. The van der Waals surface area contributed by atoms with Gasteiger partial charge >= 0.3 is 0 Å². The molecule has 4 heteroatoms. The van der Waals surface area contributed by atoms with Gasteiger partial charge in [0.05, 0.1) is 19.8 Å². The molecule has 1 N–H and O–H groups in total. The number of nitrogens with zero attached hydrogens (tertiary/aromatic N) is 1. The quantitative estimate of drug-likeness (QED) is 0.663. The van der Waals surface area contributed by atoms with Gasteiger partial charge in [-0.1, -0.05) is 0 Å². The molecular formula is C10H20N2O2. The van der Waals surface area contributed by atoms with Gasteiger partial charge < -0.3 is 14.8 Å². The van der Waals surface area contributed by atoms with Crippen molar-refractivity contribution in [3.05, 3.63) is 0 Å². The van der Waals surface area contributed by atoms with Crippen LogP contribution in [-0.2, 0) is 9.47 Å². The van der Waals surface area contributed by atoms with Gasteiger partial charge in [-0.25, -0.2) is 0 Å². The predicted octanol–water partition coefficient (Wildman–Crippen LogP) is -0.304. The normalized spacial score (nSPS) is 35.8. The summed E-state index contributed by atoms with van der Waals surface area (Å²) < 4.78 is 10.9. The van der Waals surface area contributed by atoms with Crippen LogP contribution in [0.25, 0.3) is 0 Å². The molecule has 0 radical (unpaired) electrons. The summed E-state index contributed by atoms with van der Waals surface area (Å²) >= 11 is 0. The molecule has 0 saturated carbocycles. The molecule has 0 amide bonds. The summed E-state index contributed by atoms with van der Waals surface area (Å²) in [5.41, 5.74) is 0. The van der Waals surface area contributed by atoms with E-state index in [4.69, 9.17) is 9.47 Å². The van der Waals surface area contributed by atoms with E-state index in [0.29, 0.717) is 12.1 Å². The molecule has 0 spiro atoms. The number of hydrogen-bond donors (Lipinski definition) is 1. The minimum Gasteiger partial charge on any atom is -0.380 e. The van der Waals surface area contributed by atoms with E-state index in [1.165, 1.54) is 0 Å². The van der Waals surface area contributed by atoms with E-state index in [1.807, 2.05) is 7.05 Å². The van der Waals surface area contributed by atoms with Crippen molar-refractivity contribution in [2.45, 2.75) is 18.5 Å². The molecule has 82 valence electrons. The van der Waals surface area contributed by atoms with Gasteiger partial charge in [0.25, 0.3) is 0 Å². The zero-order chi connectivity index (χ0) is 9.80. The number of rotatable bonds is 2. The van der Waals surface area contributed by atoms with Gasteiger partial charge in [0, 0.05) is 31.8 Å². The van der Waals surface area contributed by atoms with Crippen LogP contribution in [0.15, 0.2) is 0 Å². The lowest BCUT2D eigenvalue weighted by molar-refractivity contribution is -0.0439. The monoisotopic (exact) mass is 200 g/mol. The second-order valence-electron chi connectivity index (χ2n) is 3.97. The number of hydrogen-bond acceptors (Lipinski definition) is 4. The number of ether oxygens (including phenoxy) is 2. The highest BCUT2D eigenvalue weighted by Crippen LogP contribution is 2.15. The molecule has 0 aromatic heterocycles. The molecule has 4 nitrogen and oxygen atoms in total. The molecule has 0 bridgehead atoms. The molecule has 2 atom stereocenters. The Morgan fingerprint density at radius 3 is 2.64 bits per heavy atom. The number of nitrogens with one attached hydrogen (secondary N) is 1. The van der Waals surface area contributed by atoms with Crippen LogP contribution in [0.2, 0.25) is 0 Å². The average molecular weight is 200 g/mol. The Balaban J connectivity index is 1.91. The van der Waals surface area contributed by atoms with E-state index in [1.54, 1.807) is 0 Å². The first-order valence-electron chi connectivity index (χ1n) is 5.48. The highest BCUT2D eigenvalue weighted by molar-refractivity contribution is 4.87. The molecule has 0 aromatic rings. The zero-order valence-corrected chi connectivity index (χ0v) is 8.87. The topological polar surface area (TPSA) is 33.7 Å². The van der Waals surface area contributed by atoms with Crippen molar-refractivity contribution in [2.24, 2.45) is 0 Å². The number of likely N-dealkylation sites (N-methyl/N-ethyl adjacent to an activating group) is 1. The van der Waals surface area contributed by atoms with E-state index in [0.717, 1.165) is 45.9 Å². The van der Waals surface area contributed by atoms with E-state index in [2.05, 4.69) is 10.2 Å². The summed E-state index contributed by atoms with van der Waals surface area (Å²) in [6.45, 7) is 5.59. The molecular weight excluding hydrogens is 180 g/mol. The van der Waals surface area contributed by atoms with Crippen molar-refractivity contribution in [1.82, 2.24) is 10.2 Å². The predicted molar refractivity (Wildman–Crippen MR) is 54.5 cm³/mol. The van der Waals surface area contributed by atoms with Gasteiger partial charge in [0.2, 0.25) is 0 Å². The largest absolute Gasteiger partial charge is 0.380 e. The standard InChI is InChI=1S/C10H20N2O2/c1-11-9-2-5-14-8-10(9)12-3-6-13-7-4-12/h9-11H,2-8H2,1H3. The third-order valence-electron chi connectivity index (χ3n) is 3.21. The Bertz CT molecular complexity index is 172. The Morgan fingerprint density at radius 2 is 1.93 bits per heavy atom. The van der Waals surface area contributed by atoms with Gasteiger partial charge in [-0.05, 0) is 13.5 Å². The molecule has 2 aliphatic rings. The van der Waals surface area contributed by atoms with Gasteiger partial charge in [-0.15, -0.1) is 0 Å². The van der Waals surface area contributed by atoms with Gasteiger partial charge in [-0.3, -0.25) is 4.90 Å². The molecule has 2 rings (SSSR count). The summed E-state index contributed by atoms with van der Waals surface area (Å²) in [6, 6.07) is 1.12. The Hall–Kier alpha value is -0.160. The fourth-order valence-corrected chi connectivity index (χ4v) is 2.33.